The van der Waals surface area contributed by atoms with E-state index in [0.29, 0.717) is 13.0 Å². The first-order chi connectivity index (χ1) is 12.7. The summed E-state index contributed by atoms with van der Waals surface area (Å²) in [4.78, 5) is 12.0. The summed E-state index contributed by atoms with van der Waals surface area (Å²) in [5.41, 5.74) is 5.17. The zero-order valence-corrected chi connectivity index (χ0v) is 15.6. The largest absolute Gasteiger partial charge is 0.450 e. The smallest absolute Gasteiger partial charge is 0.407 e. The SMILES string of the molecule is CCCCOC(=O)N[C@@H](Cc1ccccc1)[C@H](O)CNN=C1CCCC1. The Morgan fingerprint density at radius 3 is 2.69 bits per heavy atom. The van der Waals surface area contributed by atoms with E-state index in [1.54, 1.807) is 0 Å². The van der Waals surface area contributed by atoms with Crippen molar-refractivity contribution >= 4 is 11.8 Å². The van der Waals surface area contributed by atoms with Crippen LogP contribution in [-0.4, -0.2) is 42.2 Å². The van der Waals surface area contributed by atoms with Crippen molar-refractivity contribution in [2.45, 2.75) is 64.0 Å². The van der Waals surface area contributed by atoms with Gasteiger partial charge in [0.25, 0.3) is 0 Å². The Hall–Kier alpha value is -2.08. The molecule has 1 aliphatic rings. The summed E-state index contributed by atoms with van der Waals surface area (Å²) in [5.74, 6) is 0. The van der Waals surface area contributed by atoms with Gasteiger partial charge in [-0.05, 0) is 44.1 Å². The first kappa shape index (κ1) is 20.2. The molecule has 0 spiro atoms. The molecule has 6 nitrogen and oxygen atoms in total. The zero-order valence-electron chi connectivity index (χ0n) is 15.6. The van der Waals surface area contributed by atoms with Gasteiger partial charge in [0, 0.05) is 5.71 Å². The zero-order chi connectivity index (χ0) is 18.6. The lowest BCUT2D eigenvalue weighted by atomic mass is 10.0. The molecule has 0 aliphatic heterocycles. The lowest BCUT2D eigenvalue weighted by Crippen LogP contribution is -2.48. The highest BCUT2D eigenvalue weighted by atomic mass is 16.5. The second-order valence-corrected chi connectivity index (χ2v) is 6.74. The Bertz CT molecular complexity index is 555. The number of unbranched alkanes of at least 4 members (excludes halogenated alkanes) is 1. The van der Waals surface area contributed by atoms with Crippen molar-refractivity contribution in [3.8, 4) is 0 Å². The molecule has 0 unspecified atom stereocenters. The van der Waals surface area contributed by atoms with Gasteiger partial charge >= 0.3 is 6.09 Å². The predicted molar refractivity (Wildman–Crippen MR) is 103 cm³/mol. The molecule has 2 rings (SSSR count). The second kappa shape index (κ2) is 11.5. The van der Waals surface area contributed by atoms with Gasteiger partial charge in [-0.1, -0.05) is 43.7 Å². The molecule has 1 fully saturated rings. The van der Waals surface area contributed by atoms with Gasteiger partial charge in [0.2, 0.25) is 0 Å². The first-order valence-electron chi connectivity index (χ1n) is 9.62. The topological polar surface area (TPSA) is 83.0 Å². The van der Waals surface area contributed by atoms with E-state index in [4.69, 9.17) is 4.74 Å². The van der Waals surface area contributed by atoms with E-state index in [-0.39, 0.29) is 6.54 Å². The highest BCUT2D eigenvalue weighted by Gasteiger charge is 2.22. The summed E-state index contributed by atoms with van der Waals surface area (Å²) >= 11 is 0. The van der Waals surface area contributed by atoms with E-state index in [1.165, 1.54) is 12.8 Å². The maximum Gasteiger partial charge on any atom is 0.407 e. The second-order valence-electron chi connectivity index (χ2n) is 6.74. The van der Waals surface area contributed by atoms with Gasteiger partial charge in [-0.25, -0.2) is 4.79 Å². The molecule has 6 heteroatoms. The van der Waals surface area contributed by atoms with Gasteiger partial charge in [-0.3, -0.25) is 0 Å². The number of hydrogen-bond acceptors (Lipinski definition) is 5. The summed E-state index contributed by atoms with van der Waals surface area (Å²) in [6.07, 6.45) is 5.50. The Balaban J connectivity index is 1.89. The average molecular weight is 361 g/mol. The third kappa shape index (κ3) is 7.44. The molecule has 3 N–H and O–H groups in total. The third-order valence-corrected chi connectivity index (χ3v) is 4.52. The normalized spacial score (nSPS) is 16.0. The molecule has 1 aliphatic carbocycles. The quantitative estimate of drug-likeness (QED) is 0.442. The van der Waals surface area contributed by atoms with Crippen LogP contribution < -0.4 is 10.7 Å². The highest BCUT2D eigenvalue weighted by Crippen LogP contribution is 2.14. The molecule has 0 bridgehead atoms. The van der Waals surface area contributed by atoms with Gasteiger partial charge in [0.05, 0.1) is 25.3 Å². The van der Waals surface area contributed by atoms with Gasteiger partial charge in [0.15, 0.2) is 0 Å². The first-order valence-corrected chi connectivity index (χ1v) is 9.62. The van der Waals surface area contributed by atoms with Crippen LogP contribution in [0.15, 0.2) is 35.4 Å². The van der Waals surface area contributed by atoms with Gasteiger partial charge < -0.3 is 20.6 Å². The molecule has 1 aromatic carbocycles. The van der Waals surface area contributed by atoms with E-state index in [1.807, 2.05) is 37.3 Å². The lowest BCUT2D eigenvalue weighted by Gasteiger charge is -2.24. The van der Waals surface area contributed by atoms with Crippen LogP contribution in [0.5, 0.6) is 0 Å². The molecule has 1 saturated carbocycles. The summed E-state index contributed by atoms with van der Waals surface area (Å²) in [6, 6.07) is 9.36. The van der Waals surface area contributed by atoms with Crippen molar-refractivity contribution in [1.82, 2.24) is 10.7 Å². The van der Waals surface area contributed by atoms with Gasteiger partial charge in [-0.2, -0.15) is 5.10 Å². The van der Waals surface area contributed by atoms with Crippen LogP contribution in [0, 0.1) is 0 Å². The number of carbonyl (C=O) groups is 1. The summed E-state index contributed by atoms with van der Waals surface area (Å²) < 4.78 is 5.18. The van der Waals surface area contributed by atoms with Gasteiger partial charge in [0.1, 0.15) is 0 Å². The number of carbonyl (C=O) groups excluding carboxylic acids is 1. The average Bonchev–Trinajstić information content (AvgIpc) is 3.15. The van der Waals surface area contributed by atoms with E-state index in [2.05, 4.69) is 15.8 Å². The van der Waals surface area contributed by atoms with Crippen LogP contribution in [0.2, 0.25) is 0 Å². The summed E-state index contributed by atoms with van der Waals surface area (Å²) in [7, 11) is 0. The number of ether oxygens (including phenoxy) is 1. The molecule has 0 aromatic heterocycles. The molecule has 1 aromatic rings. The number of hydrazone groups is 1. The van der Waals surface area contributed by atoms with Crippen molar-refractivity contribution in [1.29, 1.82) is 0 Å². The minimum atomic E-state index is -0.764. The maximum absolute atomic E-state index is 12.0. The fourth-order valence-corrected chi connectivity index (χ4v) is 2.94. The fraction of sp³-hybridized carbons (Fsp3) is 0.600. The number of aliphatic hydroxyl groups is 1. The number of amides is 1. The van der Waals surface area contributed by atoms with E-state index in [0.717, 1.165) is 37.0 Å². The van der Waals surface area contributed by atoms with Crippen molar-refractivity contribution in [3.05, 3.63) is 35.9 Å². The van der Waals surface area contributed by atoms with E-state index >= 15 is 0 Å². The molecule has 0 heterocycles. The number of benzene rings is 1. The van der Waals surface area contributed by atoms with Crippen LogP contribution in [-0.2, 0) is 11.2 Å². The van der Waals surface area contributed by atoms with Gasteiger partial charge in [-0.15, -0.1) is 0 Å². The van der Waals surface area contributed by atoms with Crippen molar-refractivity contribution in [2.75, 3.05) is 13.2 Å². The lowest BCUT2D eigenvalue weighted by molar-refractivity contribution is 0.103. The number of nitrogens with zero attached hydrogens (tertiary/aromatic N) is 1. The summed E-state index contributed by atoms with van der Waals surface area (Å²) in [5, 5.41) is 17.7. The molecule has 0 saturated heterocycles. The number of hydrogen-bond donors (Lipinski definition) is 3. The molecular formula is C20H31N3O3. The Morgan fingerprint density at radius 2 is 2.00 bits per heavy atom. The Kier molecular flexibility index (Phi) is 8.96. The van der Waals surface area contributed by atoms with Crippen LogP contribution in [0.1, 0.15) is 51.0 Å². The molecule has 2 atom stereocenters. The van der Waals surface area contributed by atoms with Crippen LogP contribution in [0.3, 0.4) is 0 Å². The van der Waals surface area contributed by atoms with Crippen molar-refractivity contribution in [2.24, 2.45) is 5.10 Å². The number of rotatable bonds is 10. The Labute approximate surface area is 156 Å². The fourth-order valence-electron chi connectivity index (χ4n) is 2.94. The molecule has 144 valence electrons. The third-order valence-electron chi connectivity index (χ3n) is 4.52. The molecular weight excluding hydrogens is 330 g/mol. The minimum absolute atomic E-state index is 0.288. The monoisotopic (exact) mass is 361 g/mol. The number of nitrogens with one attached hydrogen (secondary N) is 2. The molecule has 26 heavy (non-hydrogen) atoms. The predicted octanol–water partition coefficient (Wildman–Crippen LogP) is 3.00. The summed E-state index contributed by atoms with van der Waals surface area (Å²) in [6.45, 7) is 2.72. The highest BCUT2D eigenvalue weighted by molar-refractivity contribution is 5.85. The van der Waals surface area contributed by atoms with Crippen molar-refractivity contribution in [3.63, 3.8) is 0 Å². The van der Waals surface area contributed by atoms with Crippen LogP contribution in [0.4, 0.5) is 4.79 Å². The standard InChI is InChI=1S/C20H31N3O3/c1-2-3-13-26-20(25)22-18(14-16-9-5-4-6-10-16)19(24)15-21-23-17-11-7-8-12-17/h4-6,9-10,18-19,21,24H,2-3,7-8,11-15H2,1H3,(H,22,25)/t18-,19+/m0/s1. The van der Waals surface area contributed by atoms with Crippen LogP contribution >= 0.6 is 0 Å². The van der Waals surface area contributed by atoms with E-state index in [9.17, 15) is 9.90 Å². The number of aliphatic hydroxyl groups excluding tert-OH is 1. The Morgan fingerprint density at radius 1 is 1.27 bits per heavy atom. The molecule has 0 radical (unpaired) electrons. The van der Waals surface area contributed by atoms with Crippen molar-refractivity contribution < 1.29 is 14.6 Å². The number of alkyl carbamates (subject to hydrolysis) is 1. The molecule has 1 amide bonds. The van der Waals surface area contributed by atoms with E-state index < -0.39 is 18.2 Å². The minimum Gasteiger partial charge on any atom is -0.450 e. The van der Waals surface area contributed by atoms with Crippen LogP contribution in [0.25, 0.3) is 0 Å². The maximum atomic E-state index is 12.0.